The summed E-state index contributed by atoms with van der Waals surface area (Å²) in [6, 6.07) is 1.47. The van der Waals surface area contributed by atoms with Gasteiger partial charge in [-0.3, -0.25) is 14.4 Å². The number of amides is 1. The summed E-state index contributed by atoms with van der Waals surface area (Å²) in [5, 5.41) is 44.4. The van der Waals surface area contributed by atoms with Crippen LogP contribution in [0.1, 0.15) is 42.4 Å². The lowest BCUT2D eigenvalue weighted by atomic mass is 9.59. The average Bonchev–Trinajstić information content (AvgIpc) is 3.36. The Morgan fingerprint density at radius 1 is 1.21 bits per heavy atom. The van der Waals surface area contributed by atoms with Gasteiger partial charge in [-0.2, -0.15) is 0 Å². The van der Waals surface area contributed by atoms with Gasteiger partial charge in [-0.05, 0) is 68.9 Å². The Labute approximate surface area is 225 Å². The van der Waals surface area contributed by atoms with Gasteiger partial charge in [0, 0.05) is 42.6 Å². The molecule has 1 aliphatic heterocycles. The Balaban J connectivity index is 1.49. The number of phenols is 1. The van der Waals surface area contributed by atoms with E-state index in [-0.39, 0.29) is 36.1 Å². The highest BCUT2D eigenvalue weighted by Gasteiger charge is 2.60. The highest BCUT2D eigenvalue weighted by Crippen LogP contribution is 2.53. The number of Topliss-reactive ketones (excluding diaryl/α,β-unsaturated/α-hetero) is 2. The molecule has 1 aromatic rings. The molecule has 1 saturated heterocycles. The molecule has 0 bridgehead atoms. The number of likely N-dealkylation sites (tertiary alicyclic amines) is 1. The molecule has 0 radical (unpaired) electrons. The molecular weight excluding hydrogens is 514 g/mol. The van der Waals surface area contributed by atoms with Crippen molar-refractivity contribution < 1.29 is 34.8 Å². The van der Waals surface area contributed by atoms with E-state index in [4.69, 9.17) is 17.3 Å². The van der Waals surface area contributed by atoms with E-state index in [0.717, 1.165) is 26.2 Å². The molecule has 2 fully saturated rings. The lowest BCUT2D eigenvalue weighted by Crippen LogP contribution is -2.58. The maximum Gasteiger partial charge on any atom is 0.255 e. The van der Waals surface area contributed by atoms with E-state index < -0.39 is 52.0 Å². The molecule has 1 unspecified atom stereocenters. The van der Waals surface area contributed by atoms with E-state index in [9.17, 15) is 34.8 Å². The number of hydrogen-bond donors (Lipinski definition) is 5. The van der Waals surface area contributed by atoms with Crippen molar-refractivity contribution in [3.8, 4) is 5.75 Å². The van der Waals surface area contributed by atoms with Crippen molar-refractivity contribution in [3.63, 3.8) is 0 Å². The zero-order chi connectivity index (χ0) is 27.5. The van der Waals surface area contributed by atoms with Gasteiger partial charge in [-0.25, -0.2) is 0 Å². The van der Waals surface area contributed by atoms with Gasteiger partial charge in [0.15, 0.2) is 11.4 Å². The van der Waals surface area contributed by atoms with Crippen molar-refractivity contribution in [1.82, 2.24) is 9.80 Å². The Bertz CT molecular complexity index is 1300. The van der Waals surface area contributed by atoms with Crippen LogP contribution in [0.25, 0.3) is 5.76 Å². The molecular formula is C27H32ClN3O7. The first kappa shape index (κ1) is 26.7. The maximum absolute atomic E-state index is 13.6. The Hall–Kier alpha value is -2.92. The number of benzene rings is 1. The largest absolute Gasteiger partial charge is 0.508 e. The van der Waals surface area contributed by atoms with Crippen LogP contribution in [0.5, 0.6) is 5.75 Å². The fourth-order valence-corrected chi connectivity index (χ4v) is 6.81. The molecule has 0 aromatic heterocycles. The van der Waals surface area contributed by atoms with Crippen molar-refractivity contribution >= 4 is 34.8 Å². The zero-order valence-electron chi connectivity index (χ0n) is 21.2. The van der Waals surface area contributed by atoms with Crippen LogP contribution in [0.15, 0.2) is 23.0 Å². The number of nitrogens with zero attached hydrogens (tertiary/aromatic N) is 2. The lowest BCUT2D eigenvalue weighted by Gasteiger charge is -2.46. The second kappa shape index (κ2) is 9.68. The zero-order valence-corrected chi connectivity index (χ0v) is 21.9. The first-order valence-electron chi connectivity index (χ1n) is 12.9. The first-order valence-corrected chi connectivity index (χ1v) is 13.2. The molecule has 1 amide bonds. The lowest BCUT2D eigenvalue weighted by molar-refractivity contribution is -0.147. The van der Waals surface area contributed by atoms with Crippen LogP contribution in [-0.2, 0) is 27.3 Å². The van der Waals surface area contributed by atoms with Gasteiger partial charge in [0.05, 0.1) is 5.56 Å². The molecule has 38 heavy (non-hydrogen) atoms. The predicted octanol–water partition coefficient (Wildman–Crippen LogP) is 1.60. The SMILES string of the molecule is CN(CCN1CCCC1)Cc1cc(O)c2c(c1Cl)CC1C[C@H]3CC(=O)C(C(N)=O)=C(O)[C@@]3(O)C(=O)C1=C2O. The summed E-state index contributed by atoms with van der Waals surface area (Å²) in [6.07, 6.45) is 2.33. The van der Waals surface area contributed by atoms with Crippen LogP contribution in [0.3, 0.4) is 0 Å². The van der Waals surface area contributed by atoms with E-state index in [0.29, 0.717) is 22.7 Å². The minimum absolute atomic E-state index is 0.00518. The Morgan fingerprint density at radius 3 is 2.55 bits per heavy atom. The molecule has 10 nitrogen and oxygen atoms in total. The van der Waals surface area contributed by atoms with Crippen LogP contribution in [0.4, 0.5) is 0 Å². The van der Waals surface area contributed by atoms with Crippen LogP contribution < -0.4 is 5.73 Å². The summed E-state index contributed by atoms with van der Waals surface area (Å²) in [6.45, 7) is 4.42. The second-order valence-electron chi connectivity index (χ2n) is 10.9. The highest BCUT2D eigenvalue weighted by molar-refractivity contribution is 6.32. The summed E-state index contributed by atoms with van der Waals surface area (Å²) in [5.74, 6) is -6.52. The number of aliphatic hydroxyl groups is 3. The predicted molar refractivity (Wildman–Crippen MR) is 138 cm³/mol. The van der Waals surface area contributed by atoms with Gasteiger partial charge in [-0.1, -0.05) is 11.6 Å². The number of fused-ring (bicyclic) bond motifs is 3. The smallest absolute Gasteiger partial charge is 0.255 e. The number of phenolic OH excluding ortho intramolecular Hbond substituents is 1. The highest BCUT2D eigenvalue weighted by atomic mass is 35.5. The van der Waals surface area contributed by atoms with E-state index in [2.05, 4.69) is 9.80 Å². The summed E-state index contributed by atoms with van der Waals surface area (Å²) >= 11 is 6.80. The second-order valence-corrected chi connectivity index (χ2v) is 11.3. The molecule has 1 saturated carbocycles. The third-order valence-electron chi connectivity index (χ3n) is 8.51. The number of hydrogen-bond acceptors (Lipinski definition) is 9. The van der Waals surface area contributed by atoms with Crippen LogP contribution in [0, 0.1) is 11.8 Å². The molecule has 5 rings (SSSR count). The number of likely N-dealkylation sites (N-methyl/N-ethyl adjacent to an activating group) is 1. The minimum Gasteiger partial charge on any atom is -0.508 e. The van der Waals surface area contributed by atoms with Crippen LogP contribution >= 0.6 is 11.6 Å². The van der Waals surface area contributed by atoms with Crippen molar-refractivity contribution in [2.75, 3.05) is 33.2 Å². The number of nitrogens with two attached hydrogens (primary N) is 1. The van der Waals surface area contributed by atoms with E-state index in [1.807, 2.05) is 7.05 Å². The number of aromatic hydroxyl groups is 1. The van der Waals surface area contributed by atoms with Gasteiger partial charge in [0.2, 0.25) is 5.78 Å². The number of aliphatic hydroxyl groups excluding tert-OH is 2. The topological polar surface area (TPSA) is 165 Å². The molecule has 3 aliphatic carbocycles. The molecule has 4 aliphatic rings. The van der Waals surface area contributed by atoms with Crippen molar-refractivity contribution in [1.29, 1.82) is 0 Å². The van der Waals surface area contributed by atoms with Gasteiger partial charge in [0.1, 0.15) is 22.8 Å². The number of carbonyl (C=O) groups excluding carboxylic acids is 3. The van der Waals surface area contributed by atoms with Gasteiger partial charge in [-0.15, -0.1) is 0 Å². The van der Waals surface area contributed by atoms with Crippen molar-refractivity contribution in [2.24, 2.45) is 17.6 Å². The average molecular weight is 546 g/mol. The van der Waals surface area contributed by atoms with Crippen LogP contribution in [-0.4, -0.2) is 86.5 Å². The van der Waals surface area contributed by atoms with E-state index >= 15 is 0 Å². The third kappa shape index (κ3) is 4.10. The Kier molecular flexibility index (Phi) is 6.79. The first-order chi connectivity index (χ1) is 17.9. The third-order valence-corrected chi connectivity index (χ3v) is 8.98. The fourth-order valence-electron chi connectivity index (χ4n) is 6.53. The molecule has 0 spiro atoms. The number of primary amides is 1. The molecule has 3 atom stereocenters. The van der Waals surface area contributed by atoms with E-state index in [1.54, 1.807) is 0 Å². The molecule has 6 N–H and O–H groups in total. The quantitative estimate of drug-likeness (QED) is 0.334. The summed E-state index contributed by atoms with van der Waals surface area (Å²) in [7, 11) is 1.97. The van der Waals surface area contributed by atoms with Gasteiger partial charge in [0.25, 0.3) is 5.91 Å². The molecule has 1 heterocycles. The summed E-state index contributed by atoms with van der Waals surface area (Å²) in [4.78, 5) is 42.3. The Morgan fingerprint density at radius 2 is 1.89 bits per heavy atom. The molecule has 1 aromatic carbocycles. The summed E-state index contributed by atoms with van der Waals surface area (Å²) in [5.41, 5.74) is 2.83. The fraction of sp³-hybridized carbons (Fsp3) is 0.519. The van der Waals surface area contributed by atoms with Crippen molar-refractivity contribution in [2.45, 2.75) is 44.2 Å². The molecule has 204 valence electrons. The molecule has 11 heteroatoms. The van der Waals surface area contributed by atoms with E-state index in [1.165, 1.54) is 18.9 Å². The number of carbonyl (C=O) groups is 3. The number of rotatable bonds is 6. The van der Waals surface area contributed by atoms with Gasteiger partial charge >= 0.3 is 0 Å². The van der Waals surface area contributed by atoms with Gasteiger partial charge < -0.3 is 36.0 Å². The number of halogens is 1. The minimum atomic E-state index is -2.58. The monoisotopic (exact) mass is 545 g/mol. The summed E-state index contributed by atoms with van der Waals surface area (Å²) < 4.78 is 0. The van der Waals surface area contributed by atoms with Crippen molar-refractivity contribution in [3.05, 3.63) is 44.7 Å². The normalized spacial score (nSPS) is 27.6. The standard InChI is InChI=1S/C27H32ClN3O7/c1-30(6-7-31-4-2-3-5-31)12-14-10-17(32)20-16(22(14)28)9-13-8-15-11-18(33)21(26(29)37)25(36)27(15,38)24(35)19(13)23(20)34/h10,13,15,32,34,36,38H,2-9,11-12H2,1H3,(H2,29,37)/t13?,15-,27-/m0/s1. The number of ketones is 2. The maximum atomic E-state index is 13.6. The van der Waals surface area contributed by atoms with Crippen LogP contribution in [0.2, 0.25) is 5.02 Å².